The molecule has 8 heteroatoms. The Bertz CT molecular complexity index is 811. The molecule has 1 N–H and O–H groups in total. The van der Waals surface area contributed by atoms with Gasteiger partial charge in [0.25, 0.3) is 0 Å². The first-order chi connectivity index (χ1) is 14.0. The molecule has 1 fully saturated rings. The molecule has 0 saturated carbocycles. The molecule has 156 valence electrons. The van der Waals surface area contributed by atoms with Gasteiger partial charge in [-0.1, -0.05) is 11.6 Å². The lowest BCUT2D eigenvalue weighted by Gasteiger charge is -2.34. The summed E-state index contributed by atoms with van der Waals surface area (Å²) in [5, 5.41) is 2.75. The van der Waals surface area contributed by atoms with Gasteiger partial charge in [0.2, 0.25) is 5.91 Å². The molecule has 1 aliphatic heterocycles. The minimum absolute atomic E-state index is 0.00623. The van der Waals surface area contributed by atoms with Crippen molar-refractivity contribution in [1.29, 1.82) is 0 Å². The number of nitrogens with one attached hydrogen (secondary N) is 1. The highest BCUT2D eigenvalue weighted by atomic mass is 35.5. The number of amides is 1. The standard InChI is InChI=1S/C21H25ClFN3O3/c1-28-17-3-5-18(6-4-17)29-13-12-25-8-10-26(11-9-25)15-21(27)24-16-2-7-20(23)19(22)14-16/h2-7,14H,8-13,15H2,1H3,(H,24,27). The second-order valence-corrected chi connectivity index (χ2v) is 7.23. The van der Waals surface area contributed by atoms with E-state index in [1.807, 2.05) is 24.3 Å². The first kappa shape index (κ1) is 21.4. The number of carbonyl (C=O) groups is 1. The minimum Gasteiger partial charge on any atom is -0.497 e. The summed E-state index contributed by atoms with van der Waals surface area (Å²) < 4.78 is 24.1. The zero-order valence-corrected chi connectivity index (χ0v) is 17.1. The molecule has 0 unspecified atom stereocenters. The highest BCUT2D eigenvalue weighted by molar-refractivity contribution is 6.31. The molecule has 1 amide bonds. The van der Waals surface area contributed by atoms with Gasteiger partial charge < -0.3 is 14.8 Å². The summed E-state index contributed by atoms with van der Waals surface area (Å²) >= 11 is 5.74. The van der Waals surface area contributed by atoms with Crippen LogP contribution < -0.4 is 14.8 Å². The molecule has 0 aromatic heterocycles. The van der Waals surface area contributed by atoms with Crippen LogP contribution in [0.3, 0.4) is 0 Å². The van der Waals surface area contributed by atoms with E-state index in [1.54, 1.807) is 7.11 Å². The van der Waals surface area contributed by atoms with Gasteiger partial charge in [0.1, 0.15) is 23.9 Å². The van der Waals surface area contributed by atoms with Gasteiger partial charge in [0.15, 0.2) is 0 Å². The largest absolute Gasteiger partial charge is 0.497 e. The second kappa shape index (κ2) is 10.4. The van der Waals surface area contributed by atoms with Crippen LogP contribution in [0, 0.1) is 5.82 Å². The number of rotatable bonds is 8. The van der Waals surface area contributed by atoms with Crippen LogP contribution in [0.5, 0.6) is 11.5 Å². The molecule has 1 heterocycles. The lowest BCUT2D eigenvalue weighted by Crippen LogP contribution is -2.49. The fourth-order valence-corrected chi connectivity index (χ4v) is 3.29. The molecule has 0 aliphatic carbocycles. The Morgan fingerprint density at radius 2 is 1.72 bits per heavy atom. The van der Waals surface area contributed by atoms with Crippen LogP contribution in [0.1, 0.15) is 0 Å². The van der Waals surface area contributed by atoms with Crippen LogP contribution in [0.2, 0.25) is 5.02 Å². The van der Waals surface area contributed by atoms with Crippen molar-refractivity contribution in [3.63, 3.8) is 0 Å². The maximum absolute atomic E-state index is 13.2. The van der Waals surface area contributed by atoms with Gasteiger partial charge in [-0.25, -0.2) is 4.39 Å². The molecule has 0 radical (unpaired) electrons. The van der Waals surface area contributed by atoms with Crippen molar-refractivity contribution in [2.24, 2.45) is 0 Å². The Balaban J connectivity index is 1.34. The molecule has 3 rings (SSSR count). The number of piperazine rings is 1. The number of anilines is 1. The maximum Gasteiger partial charge on any atom is 0.238 e. The van der Waals surface area contributed by atoms with E-state index in [-0.39, 0.29) is 10.9 Å². The Hall–Kier alpha value is -2.35. The Morgan fingerprint density at radius 3 is 2.38 bits per heavy atom. The van der Waals surface area contributed by atoms with E-state index in [2.05, 4.69) is 15.1 Å². The second-order valence-electron chi connectivity index (χ2n) is 6.82. The quantitative estimate of drug-likeness (QED) is 0.709. The average molecular weight is 422 g/mol. The van der Waals surface area contributed by atoms with E-state index in [0.717, 1.165) is 44.2 Å². The van der Waals surface area contributed by atoms with E-state index in [9.17, 15) is 9.18 Å². The number of hydrogen-bond donors (Lipinski definition) is 1. The third kappa shape index (κ3) is 6.59. The Labute approximate surface area is 175 Å². The normalized spacial score (nSPS) is 15.1. The molecular weight excluding hydrogens is 397 g/mol. The summed E-state index contributed by atoms with van der Waals surface area (Å²) in [6.45, 7) is 5.10. The van der Waals surface area contributed by atoms with E-state index >= 15 is 0 Å². The highest BCUT2D eigenvalue weighted by Gasteiger charge is 2.19. The third-order valence-electron chi connectivity index (χ3n) is 4.77. The molecule has 2 aromatic carbocycles. The summed E-state index contributed by atoms with van der Waals surface area (Å²) in [6.07, 6.45) is 0. The molecule has 0 spiro atoms. The summed E-state index contributed by atoms with van der Waals surface area (Å²) in [7, 11) is 1.64. The summed E-state index contributed by atoms with van der Waals surface area (Å²) in [6, 6.07) is 11.7. The van der Waals surface area contributed by atoms with Crippen molar-refractivity contribution in [3.05, 3.63) is 53.3 Å². The highest BCUT2D eigenvalue weighted by Crippen LogP contribution is 2.19. The fourth-order valence-electron chi connectivity index (χ4n) is 3.11. The number of ether oxygens (including phenoxy) is 2. The van der Waals surface area contributed by atoms with Gasteiger partial charge in [-0.15, -0.1) is 0 Å². The van der Waals surface area contributed by atoms with Crippen molar-refractivity contribution in [2.45, 2.75) is 0 Å². The van der Waals surface area contributed by atoms with Crippen LogP contribution >= 0.6 is 11.6 Å². The third-order valence-corrected chi connectivity index (χ3v) is 5.06. The van der Waals surface area contributed by atoms with Crippen molar-refractivity contribution in [3.8, 4) is 11.5 Å². The SMILES string of the molecule is COc1ccc(OCCN2CCN(CC(=O)Nc3ccc(F)c(Cl)c3)CC2)cc1. The van der Waals surface area contributed by atoms with Crippen molar-refractivity contribution in [2.75, 3.05) is 58.3 Å². The molecule has 6 nitrogen and oxygen atoms in total. The monoisotopic (exact) mass is 421 g/mol. The van der Waals surface area contributed by atoms with Gasteiger partial charge in [-0.3, -0.25) is 14.6 Å². The number of methoxy groups -OCH3 is 1. The van der Waals surface area contributed by atoms with E-state index in [4.69, 9.17) is 21.1 Å². The number of hydrogen-bond acceptors (Lipinski definition) is 5. The van der Waals surface area contributed by atoms with Gasteiger partial charge in [-0.2, -0.15) is 0 Å². The van der Waals surface area contributed by atoms with Gasteiger partial charge in [0, 0.05) is 38.4 Å². The van der Waals surface area contributed by atoms with Crippen LogP contribution in [-0.4, -0.2) is 68.7 Å². The molecule has 29 heavy (non-hydrogen) atoms. The van der Waals surface area contributed by atoms with E-state index in [0.29, 0.717) is 18.8 Å². The number of carbonyl (C=O) groups excluding carboxylic acids is 1. The van der Waals surface area contributed by atoms with Crippen LogP contribution in [-0.2, 0) is 4.79 Å². The molecule has 1 aliphatic rings. The van der Waals surface area contributed by atoms with Gasteiger partial charge in [0.05, 0.1) is 18.7 Å². The number of nitrogens with zero attached hydrogens (tertiary/aromatic N) is 2. The lowest BCUT2D eigenvalue weighted by atomic mass is 10.3. The Morgan fingerprint density at radius 1 is 1.07 bits per heavy atom. The molecule has 2 aromatic rings. The summed E-state index contributed by atoms with van der Waals surface area (Å²) in [5.74, 6) is 0.989. The summed E-state index contributed by atoms with van der Waals surface area (Å²) in [4.78, 5) is 16.6. The average Bonchev–Trinajstić information content (AvgIpc) is 2.72. The van der Waals surface area contributed by atoms with Crippen LogP contribution in [0.25, 0.3) is 0 Å². The van der Waals surface area contributed by atoms with Gasteiger partial charge in [-0.05, 0) is 42.5 Å². The zero-order valence-electron chi connectivity index (χ0n) is 16.4. The lowest BCUT2D eigenvalue weighted by molar-refractivity contribution is -0.117. The maximum atomic E-state index is 13.2. The van der Waals surface area contributed by atoms with Crippen LogP contribution in [0.15, 0.2) is 42.5 Å². The van der Waals surface area contributed by atoms with Crippen molar-refractivity contribution >= 4 is 23.2 Å². The first-order valence-electron chi connectivity index (χ1n) is 9.50. The first-order valence-corrected chi connectivity index (χ1v) is 9.88. The van der Waals surface area contributed by atoms with Crippen LogP contribution in [0.4, 0.5) is 10.1 Å². The predicted molar refractivity (Wildman–Crippen MR) is 111 cm³/mol. The van der Waals surface area contributed by atoms with Crippen molar-refractivity contribution in [1.82, 2.24) is 9.80 Å². The minimum atomic E-state index is -0.503. The van der Waals surface area contributed by atoms with E-state index < -0.39 is 5.82 Å². The molecule has 1 saturated heterocycles. The molecular formula is C21H25ClFN3O3. The zero-order chi connectivity index (χ0) is 20.6. The topological polar surface area (TPSA) is 54.0 Å². The number of benzene rings is 2. The van der Waals surface area contributed by atoms with Gasteiger partial charge >= 0.3 is 0 Å². The molecule has 0 atom stereocenters. The summed E-state index contributed by atoms with van der Waals surface area (Å²) in [5.41, 5.74) is 0.496. The number of halogens is 2. The van der Waals surface area contributed by atoms with Crippen molar-refractivity contribution < 1.29 is 18.7 Å². The fraction of sp³-hybridized carbons (Fsp3) is 0.381. The van der Waals surface area contributed by atoms with E-state index in [1.165, 1.54) is 18.2 Å². The predicted octanol–water partition coefficient (Wildman–Crippen LogP) is 3.12. The Kier molecular flexibility index (Phi) is 7.69. The smallest absolute Gasteiger partial charge is 0.238 e. The molecule has 0 bridgehead atoms.